The summed E-state index contributed by atoms with van der Waals surface area (Å²) in [7, 11) is 0. The number of ether oxygens (including phenoxy) is 1. The highest BCUT2D eigenvalue weighted by Crippen LogP contribution is 2.39. The van der Waals surface area contributed by atoms with Gasteiger partial charge in [0.25, 0.3) is 0 Å². The number of halogens is 7. The molecule has 202 valence electrons. The molecule has 0 saturated heterocycles. The predicted molar refractivity (Wildman–Crippen MR) is 133 cm³/mol. The summed E-state index contributed by atoms with van der Waals surface area (Å²) < 4.78 is 101. The topological polar surface area (TPSA) is 9.23 Å². The minimum Gasteiger partial charge on any atom is -0.427 e. The van der Waals surface area contributed by atoms with Crippen LogP contribution >= 0.6 is 0 Å². The maximum absolute atomic E-state index is 14.6. The maximum atomic E-state index is 14.6. The molecule has 0 amide bonds. The van der Waals surface area contributed by atoms with Crippen LogP contribution < -0.4 is 4.74 Å². The van der Waals surface area contributed by atoms with Gasteiger partial charge in [0.15, 0.2) is 23.3 Å². The molecular weight excluding hydrogens is 509 g/mol. The van der Waals surface area contributed by atoms with E-state index < -0.39 is 46.5 Å². The molecule has 0 atom stereocenters. The van der Waals surface area contributed by atoms with E-state index in [1.165, 1.54) is 43.4 Å². The van der Waals surface area contributed by atoms with Crippen LogP contribution in [-0.4, -0.2) is 6.11 Å². The van der Waals surface area contributed by atoms with Crippen molar-refractivity contribution in [3.8, 4) is 16.9 Å². The zero-order valence-electron chi connectivity index (χ0n) is 20.7. The third kappa shape index (κ3) is 6.22. The lowest BCUT2D eigenvalue weighted by Crippen LogP contribution is -2.26. The van der Waals surface area contributed by atoms with Crippen LogP contribution in [0, 0.1) is 23.4 Å². The van der Waals surface area contributed by atoms with E-state index in [1.54, 1.807) is 0 Å². The van der Waals surface area contributed by atoms with Crippen LogP contribution in [-0.2, 0) is 0 Å². The van der Waals surface area contributed by atoms with E-state index in [0.717, 1.165) is 36.5 Å². The van der Waals surface area contributed by atoms with Gasteiger partial charge in [-0.05, 0) is 54.2 Å². The first-order chi connectivity index (χ1) is 18.1. The average molecular weight is 537 g/mol. The van der Waals surface area contributed by atoms with Gasteiger partial charge in [0.2, 0.25) is 5.83 Å². The van der Waals surface area contributed by atoms with Gasteiger partial charge in [0.1, 0.15) is 5.75 Å². The Morgan fingerprint density at radius 1 is 0.816 bits per heavy atom. The summed E-state index contributed by atoms with van der Waals surface area (Å²) in [6.07, 6.45) is 2.39. The fourth-order valence-corrected chi connectivity index (χ4v) is 4.99. The zero-order valence-corrected chi connectivity index (χ0v) is 20.7. The van der Waals surface area contributed by atoms with Gasteiger partial charge in [-0.2, -0.15) is 13.2 Å². The third-order valence-electron chi connectivity index (χ3n) is 7.05. The molecule has 0 N–H and O–H groups in total. The third-order valence-corrected chi connectivity index (χ3v) is 7.05. The van der Waals surface area contributed by atoms with Crippen molar-refractivity contribution >= 4 is 5.83 Å². The molecule has 0 bridgehead atoms. The minimum atomic E-state index is -4.90. The Morgan fingerprint density at radius 3 is 1.87 bits per heavy atom. The zero-order chi connectivity index (χ0) is 27.4. The van der Waals surface area contributed by atoms with Crippen molar-refractivity contribution in [2.45, 2.75) is 57.5 Å². The van der Waals surface area contributed by atoms with Gasteiger partial charge < -0.3 is 4.74 Å². The van der Waals surface area contributed by atoms with Crippen molar-refractivity contribution < 1.29 is 35.5 Å². The number of alkyl halides is 2. The summed E-state index contributed by atoms with van der Waals surface area (Å²) in [4.78, 5) is 0. The molecule has 8 heteroatoms. The largest absolute Gasteiger partial charge is 0.457 e. The van der Waals surface area contributed by atoms with E-state index in [-0.39, 0.29) is 12.1 Å². The maximum Gasteiger partial charge on any atom is 0.457 e. The molecule has 38 heavy (non-hydrogen) atoms. The fourth-order valence-electron chi connectivity index (χ4n) is 4.99. The first kappa shape index (κ1) is 27.7. The van der Waals surface area contributed by atoms with Crippen LogP contribution in [0.3, 0.4) is 0 Å². The first-order valence-electron chi connectivity index (χ1n) is 12.6. The molecule has 3 aromatic rings. The summed E-state index contributed by atoms with van der Waals surface area (Å²) >= 11 is 0. The normalized spacial score (nSPS) is 18.7. The Balaban J connectivity index is 1.45. The SMILES string of the molecule is CCCC1CCC(c2ccc(-c3ccc(/C(F)=C(\F)C(F)(F)Oc4cc(F)c(F)c(F)c4)cc3)cc2)CC1. The molecule has 4 rings (SSSR count). The predicted octanol–water partition coefficient (Wildman–Crippen LogP) is 10.1. The van der Waals surface area contributed by atoms with E-state index in [0.29, 0.717) is 11.5 Å². The van der Waals surface area contributed by atoms with Crippen molar-refractivity contribution in [1.29, 1.82) is 0 Å². The van der Waals surface area contributed by atoms with Crippen molar-refractivity contribution in [2.24, 2.45) is 5.92 Å². The fraction of sp³-hybridized carbons (Fsp3) is 0.333. The number of hydrogen-bond acceptors (Lipinski definition) is 1. The molecule has 1 fully saturated rings. The smallest absolute Gasteiger partial charge is 0.427 e. The highest BCUT2D eigenvalue weighted by atomic mass is 19.3. The Morgan fingerprint density at radius 2 is 1.34 bits per heavy atom. The molecular formula is C30H27F7O. The monoisotopic (exact) mass is 536 g/mol. The molecule has 0 radical (unpaired) electrons. The Kier molecular flexibility index (Phi) is 8.48. The molecule has 0 heterocycles. The Bertz CT molecular complexity index is 1250. The standard InChI is InChI=1S/C30H27F7O/c1-2-3-18-4-6-19(7-5-18)20-8-10-21(11-9-20)22-12-14-23(15-13-22)27(33)29(35)30(36,37)38-24-16-25(31)28(34)26(32)17-24/h8-19H,2-7H2,1H3/b29-27+. The van der Waals surface area contributed by atoms with Crippen LogP contribution in [0.4, 0.5) is 30.7 Å². The van der Waals surface area contributed by atoms with Gasteiger partial charge in [0, 0.05) is 17.7 Å². The van der Waals surface area contributed by atoms with Crippen LogP contribution in [0.1, 0.15) is 62.5 Å². The van der Waals surface area contributed by atoms with Gasteiger partial charge in [-0.3, -0.25) is 0 Å². The number of hydrogen-bond donors (Lipinski definition) is 0. The molecule has 0 unspecified atom stereocenters. The summed E-state index contributed by atoms with van der Waals surface area (Å²) in [6.45, 7) is 2.21. The summed E-state index contributed by atoms with van der Waals surface area (Å²) in [6, 6.07) is 13.4. The van der Waals surface area contributed by atoms with Crippen molar-refractivity contribution in [3.05, 3.63) is 95.1 Å². The van der Waals surface area contributed by atoms with E-state index in [2.05, 4.69) is 23.8 Å². The highest BCUT2D eigenvalue weighted by Gasteiger charge is 2.42. The van der Waals surface area contributed by atoms with E-state index in [1.807, 2.05) is 12.1 Å². The van der Waals surface area contributed by atoms with E-state index in [9.17, 15) is 30.7 Å². The Hall–Kier alpha value is -3.29. The lowest BCUT2D eigenvalue weighted by molar-refractivity contribution is -0.156. The molecule has 0 aromatic heterocycles. The highest BCUT2D eigenvalue weighted by molar-refractivity contribution is 5.69. The summed E-state index contributed by atoms with van der Waals surface area (Å²) in [5.41, 5.74) is 2.30. The molecule has 1 aliphatic carbocycles. The number of benzene rings is 3. The van der Waals surface area contributed by atoms with Crippen LogP contribution in [0.2, 0.25) is 0 Å². The van der Waals surface area contributed by atoms with Gasteiger partial charge in [0.05, 0.1) is 0 Å². The molecule has 0 spiro atoms. The average Bonchev–Trinajstić information content (AvgIpc) is 2.91. The van der Waals surface area contributed by atoms with E-state index >= 15 is 0 Å². The lowest BCUT2D eigenvalue weighted by Gasteiger charge is -2.28. The van der Waals surface area contributed by atoms with Crippen LogP contribution in [0.5, 0.6) is 5.75 Å². The van der Waals surface area contributed by atoms with Gasteiger partial charge in [-0.15, -0.1) is 0 Å². The van der Waals surface area contributed by atoms with Crippen LogP contribution in [0.15, 0.2) is 66.5 Å². The molecule has 1 nitrogen and oxygen atoms in total. The molecule has 3 aromatic carbocycles. The molecule has 1 aliphatic rings. The Labute approximate surface area is 217 Å². The van der Waals surface area contributed by atoms with Gasteiger partial charge in [-0.1, -0.05) is 68.3 Å². The van der Waals surface area contributed by atoms with Gasteiger partial charge in [-0.25, -0.2) is 17.6 Å². The second-order valence-electron chi connectivity index (χ2n) is 9.65. The molecule has 1 saturated carbocycles. The summed E-state index contributed by atoms with van der Waals surface area (Å²) in [5, 5.41) is 0. The van der Waals surface area contributed by atoms with Crippen molar-refractivity contribution in [1.82, 2.24) is 0 Å². The first-order valence-corrected chi connectivity index (χ1v) is 12.6. The minimum absolute atomic E-state index is 0.106. The molecule has 0 aliphatic heterocycles. The second kappa shape index (κ2) is 11.6. The van der Waals surface area contributed by atoms with Crippen molar-refractivity contribution in [3.63, 3.8) is 0 Å². The second-order valence-corrected chi connectivity index (χ2v) is 9.65. The summed E-state index contributed by atoms with van der Waals surface area (Å²) in [5.74, 6) is -9.91. The number of rotatable bonds is 8. The van der Waals surface area contributed by atoms with Crippen LogP contribution in [0.25, 0.3) is 17.0 Å². The quantitative estimate of drug-likeness (QED) is 0.206. The lowest BCUT2D eigenvalue weighted by atomic mass is 9.77. The van der Waals surface area contributed by atoms with Gasteiger partial charge >= 0.3 is 6.11 Å². The van der Waals surface area contributed by atoms with E-state index in [4.69, 9.17) is 0 Å². The van der Waals surface area contributed by atoms with Crippen molar-refractivity contribution in [2.75, 3.05) is 0 Å².